The van der Waals surface area contributed by atoms with E-state index in [4.69, 9.17) is 11.6 Å². The van der Waals surface area contributed by atoms with Crippen LogP contribution in [0.25, 0.3) is 11.0 Å². The fraction of sp³-hybridized carbons (Fsp3) is 0.526. The summed E-state index contributed by atoms with van der Waals surface area (Å²) in [6, 6.07) is 5.99. The van der Waals surface area contributed by atoms with Crippen LogP contribution in [0.15, 0.2) is 18.2 Å². The van der Waals surface area contributed by atoms with Crippen LogP contribution in [0.2, 0.25) is 5.02 Å². The van der Waals surface area contributed by atoms with Gasteiger partial charge in [0.15, 0.2) is 0 Å². The van der Waals surface area contributed by atoms with Crippen LogP contribution in [-0.2, 0) is 16.1 Å². The molecule has 0 unspecified atom stereocenters. The highest BCUT2D eigenvalue weighted by Gasteiger charge is 2.32. The molecule has 0 bridgehead atoms. The van der Waals surface area contributed by atoms with Crippen molar-refractivity contribution in [2.75, 3.05) is 20.6 Å². The first-order valence-corrected chi connectivity index (χ1v) is 9.55. The molecular formula is C19H26ClN5O2. The molecule has 2 aromatic rings. The number of H-pyrrole nitrogens is 1. The number of rotatable bonds is 6. The van der Waals surface area contributed by atoms with Gasteiger partial charge in [-0.1, -0.05) is 11.6 Å². The molecule has 7 nitrogen and oxygen atoms in total. The van der Waals surface area contributed by atoms with Crippen molar-refractivity contribution in [1.82, 2.24) is 25.1 Å². The van der Waals surface area contributed by atoms with Gasteiger partial charge in [0.1, 0.15) is 5.82 Å². The molecule has 27 heavy (non-hydrogen) atoms. The number of aromatic nitrogens is 2. The second-order valence-corrected chi connectivity index (χ2v) is 7.72. The Balaban J connectivity index is 1.55. The molecule has 2 heterocycles. The van der Waals surface area contributed by atoms with Gasteiger partial charge in [-0.2, -0.15) is 0 Å². The number of amides is 2. The maximum absolute atomic E-state index is 12.7. The first kappa shape index (κ1) is 19.6. The first-order chi connectivity index (χ1) is 12.8. The van der Waals surface area contributed by atoms with Gasteiger partial charge < -0.3 is 15.2 Å². The van der Waals surface area contributed by atoms with Gasteiger partial charge in [0.2, 0.25) is 11.8 Å². The predicted octanol–water partition coefficient (Wildman–Crippen LogP) is 2.16. The van der Waals surface area contributed by atoms with Crippen molar-refractivity contribution in [2.24, 2.45) is 0 Å². The summed E-state index contributed by atoms with van der Waals surface area (Å²) in [5, 5.41) is 3.52. The van der Waals surface area contributed by atoms with E-state index in [1.807, 2.05) is 19.2 Å². The van der Waals surface area contributed by atoms with Gasteiger partial charge in [-0.3, -0.25) is 14.5 Å². The van der Waals surface area contributed by atoms with E-state index < -0.39 is 0 Å². The summed E-state index contributed by atoms with van der Waals surface area (Å²) in [7, 11) is 3.83. The highest BCUT2D eigenvalue weighted by atomic mass is 35.5. The largest absolute Gasteiger partial charge is 0.355 e. The van der Waals surface area contributed by atoms with Crippen molar-refractivity contribution < 1.29 is 9.59 Å². The highest BCUT2D eigenvalue weighted by Crippen LogP contribution is 2.25. The summed E-state index contributed by atoms with van der Waals surface area (Å²) < 4.78 is 0. The Hall–Kier alpha value is -2.12. The fourth-order valence-corrected chi connectivity index (χ4v) is 3.80. The molecule has 1 aliphatic heterocycles. The van der Waals surface area contributed by atoms with Crippen molar-refractivity contribution in [3.05, 3.63) is 29.0 Å². The fourth-order valence-electron chi connectivity index (χ4n) is 3.62. The number of carbonyl (C=O) groups is 2. The molecule has 2 N–H and O–H groups in total. The van der Waals surface area contributed by atoms with E-state index in [0.717, 1.165) is 29.7 Å². The van der Waals surface area contributed by atoms with Gasteiger partial charge in [0.05, 0.1) is 17.6 Å². The Morgan fingerprint density at radius 2 is 2.11 bits per heavy atom. The SMILES string of the molecule is CC(=O)NC[C@H]1CC[C@@H](CC(=O)N(C)Cc2nc3ccc(Cl)cc3[nH]2)N1C. The molecule has 3 rings (SSSR count). The standard InChI is InChI=1S/C19H26ClN5O2/c1-12(26)21-10-15-6-5-14(25(15)3)9-19(27)24(2)11-18-22-16-7-4-13(20)8-17(16)23-18/h4,7-8,14-15H,5-6,9-11H2,1-3H3,(H,21,26)(H,22,23)/t14-,15+/m0/s1. The number of aromatic amines is 1. The lowest BCUT2D eigenvalue weighted by Crippen LogP contribution is -2.42. The van der Waals surface area contributed by atoms with Gasteiger partial charge in [-0.25, -0.2) is 4.98 Å². The van der Waals surface area contributed by atoms with Gasteiger partial charge in [-0.05, 0) is 38.1 Å². The molecule has 1 saturated heterocycles. The molecule has 8 heteroatoms. The molecule has 2 atom stereocenters. The molecule has 1 fully saturated rings. The third-order valence-corrected chi connectivity index (χ3v) is 5.52. The minimum Gasteiger partial charge on any atom is -0.355 e. The molecular weight excluding hydrogens is 366 g/mol. The number of halogens is 1. The highest BCUT2D eigenvalue weighted by molar-refractivity contribution is 6.31. The minimum absolute atomic E-state index is 0.0187. The van der Waals surface area contributed by atoms with Crippen LogP contribution in [0.1, 0.15) is 32.0 Å². The first-order valence-electron chi connectivity index (χ1n) is 9.18. The zero-order valence-electron chi connectivity index (χ0n) is 16.0. The molecule has 0 spiro atoms. The number of fused-ring (bicyclic) bond motifs is 1. The van der Waals surface area contributed by atoms with Crippen LogP contribution in [-0.4, -0.2) is 64.3 Å². The normalized spacial score (nSPS) is 20.1. The van der Waals surface area contributed by atoms with Crippen molar-refractivity contribution in [3.8, 4) is 0 Å². The topological polar surface area (TPSA) is 81.3 Å². The Morgan fingerprint density at radius 3 is 2.85 bits per heavy atom. The third-order valence-electron chi connectivity index (χ3n) is 5.29. The van der Waals surface area contributed by atoms with Gasteiger partial charge in [0.25, 0.3) is 0 Å². The van der Waals surface area contributed by atoms with Crippen molar-refractivity contribution in [2.45, 2.75) is 44.8 Å². The molecule has 0 radical (unpaired) electrons. The van der Waals surface area contributed by atoms with Crippen LogP contribution in [0.3, 0.4) is 0 Å². The van der Waals surface area contributed by atoms with Crippen LogP contribution < -0.4 is 5.32 Å². The molecule has 146 valence electrons. The van der Waals surface area contributed by atoms with Crippen LogP contribution in [0.4, 0.5) is 0 Å². The van der Waals surface area contributed by atoms with E-state index in [1.165, 1.54) is 6.92 Å². The summed E-state index contributed by atoms with van der Waals surface area (Å²) >= 11 is 6.00. The van der Waals surface area contributed by atoms with Crippen molar-refractivity contribution in [3.63, 3.8) is 0 Å². The van der Waals surface area contributed by atoms with Crippen molar-refractivity contribution >= 4 is 34.4 Å². The van der Waals surface area contributed by atoms with Crippen LogP contribution in [0.5, 0.6) is 0 Å². The third kappa shape index (κ3) is 4.78. The van der Waals surface area contributed by atoms with E-state index in [0.29, 0.717) is 24.5 Å². The number of likely N-dealkylation sites (tertiary alicyclic amines) is 1. The molecule has 1 aromatic heterocycles. The molecule has 1 aromatic carbocycles. The number of hydrogen-bond acceptors (Lipinski definition) is 4. The maximum Gasteiger partial charge on any atom is 0.224 e. The zero-order valence-corrected chi connectivity index (χ0v) is 16.7. The van der Waals surface area contributed by atoms with Gasteiger partial charge in [0, 0.05) is 44.0 Å². The van der Waals surface area contributed by atoms with Crippen molar-refractivity contribution in [1.29, 1.82) is 0 Å². The van der Waals surface area contributed by atoms with E-state index >= 15 is 0 Å². The second kappa shape index (κ2) is 8.27. The Labute approximate surface area is 164 Å². The smallest absolute Gasteiger partial charge is 0.224 e. The van der Waals surface area contributed by atoms with Crippen LogP contribution >= 0.6 is 11.6 Å². The lowest BCUT2D eigenvalue weighted by atomic mass is 10.1. The summed E-state index contributed by atoms with van der Waals surface area (Å²) in [4.78, 5) is 35.4. The van der Waals surface area contributed by atoms with E-state index in [-0.39, 0.29) is 23.9 Å². The van der Waals surface area contributed by atoms with E-state index in [9.17, 15) is 9.59 Å². The second-order valence-electron chi connectivity index (χ2n) is 7.29. The van der Waals surface area contributed by atoms with Crippen LogP contribution in [0, 0.1) is 0 Å². The molecule has 2 amide bonds. The lowest BCUT2D eigenvalue weighted by molar-refractivity contribution is -0.131. The average molecular weight is 392 g/mol. The molecule has 0 aliphatic carbocycles. The molecule has 0 saturated carbocycles. The number of nitrogens with one attached hydrogen (secondary N) is 2. The minimum atomic E-state index is -0.0187. The Kier molecular flexibility index (Phi) is 6.01. The van der Waals surface area contributed by atoms with E-state index in [1.54, 1.807) is 18.0 Å². The molecule has 1 aliphatic rings. The number of imidazole rings is 1. The Bertz CT molecular complexity index is 837. The monoisotopic (exact) mass is 391 g/mol. The quantitative estimate of drug-likeness (QED) is 0.790. The summed E-state index contributed by atoms with van der Waals surface area (Å²) in [6.07, 6.45) is 2.42. The van der Waals surface area contributed by atoms with Gasteiger partial charge in [-0.15, -0.1) is 0 Å². The number of benzene rings is 1. The summed E-state index contributed by atoms with van der Waals surface area (Å²) in [5.74, 6) is 0.812. The maximum atomic E-state index is 12.7. The van der Waals surface area contributed by atoms with Gasteiger partial charge >= 0.3 is 0 Å². The average Bonchev–Trinajstić information content (AvgIpc) is 3.16. The summed E-state index contributed by atoms with van der Waals surface area (Å²) in [5.41, 5.74) is 1.71. The Morgan fingerprint density at radius 1 is 1.37 bits per heavy atom. The number of hydrogen-bond donors (Lipinski definition) is 2. The number of likely N-dealkylation sites (N-methyl/N-ethyl adjacent to an activating group) is 1. The van der Waals surface area contributed by atoms with E-state index in [2.05, 4.69) is 20.2 Å². The summed E-state index contributed by atoms with van der Waals surface area (Å²) in [6.45, 7) is 2.59. The zero-order chi connectivity index (χ0) is 19.6. The lowest BCUT2D eigenvalue weighted by Gasteiger charge is -2.27. The number of carbonyl (C=O) groups excluding carboxylic acids is 2. The predicted molar refractivity (Wildman–Crippen MR) is 105 cm³/mol. The number of nitrogens with zero attached hydrogens (tertiary/aromatic N) is 3.